The molecule has 0 aromatic carbocycles. The minimum Gasteiger partial charge on any atom is -0.392 e. The van der Waals surface area contributed by atoms with Crippen molar-refractivity contribution < 1.29 is 9.90 Å². The molecule has 0 aromatic rings. The highest BCUT2D eigenvalue weighted by atomic mass is 16.3. The van der Waals surface area contributed by atoms with Crippen LogP contribution in [-0.2, 0) is 4.79 Å². The molecule has 2 N–H and O–H groups in total. The van der Waals surface area contributed by atoms with Crippen LogP contribution in [0.1, 0.15) is 40.0 Å². The van der Waals surface area contributed by atoms with Gasteiger partial charge in [-0.15, -0.1) is 0 Å². The average molecular weight is 211 g/mol. The van der Waals surface area contributed by atoms with E-state index in [0.29, 0.717) is 12.3 Å². The third kappa shape index (κ3) is 1.89. The van der Waals surface area contributed by atoms with Crippen molar-refractivity contribution in [2.75, 3.05) is 0 Å². The number of aliphatic hydroxyl groups is 1. The Morgan fingerprint density at radius 3 is 2.47 bits per heavy atom. The Labute approximate surface area is 91.2 Å². The Kier molecular flexibility index (Phi) is 2.53. The summed E-state index contributed by atoms with van der Waals surface area (Å²) >= 11 is 0. The first-order chi connectivity index (χ1) is 6.93. The van der Waals surface area contributed by atoms with E-state index in [1.54, 1.807) is 0 Å². The van der Waals surface area contributed by atoms with Crippen LogP contribution in [0.15, 0.2) is 0 Å². The van der Waals surface area contributed by atoms with E-state index in [1.165, 1.54) is 12.8 Å². The summed E-state index contributed by atoms with van der Waals surface area (Å²) in [7, 11) is 0. The minimum absolute atomic E-state index is 0.151. The lowest BCUT2D eigenvalue weighted by Crippen LogP contribution is -2.61. The highest BCUT2D eigenvalue weighted by Crippen LogP contribution is 2.41. The standard InChI is InChI=1S/C12H21NO2/c1-7(8-4-5-8)11(15)13-9-6-10(14)12(9,2)3/h7-10,14H,4-6H2,1-3H3,(H,13,15). The lowest BCUT2D eigenvalue weighted by atomic mass is 9.64. The fourth-order valence-corrected chi connectivity index (χ4v) is 2.26. The molecule has 0 bridgehead atoms. The summed E-state index contributed by atoms with van der Waals surface area (Å²) in [6.45, 7) is 6.02. The summed E-state index contributed by atoms with van der Waals surface area (Å²) in [5.41, 5.74) is -0.154. The molecule has 2 rings (SSSR count). The van der Waals surface area contributed by atoms with E-state index < -0.39 is 0 Å². The van der Waals surface area contributed by atoms with E-state index in [9.17, 15) is 9.90 Å². The molecule has 0 saturated heterocycles. The Morgan fingerprint density at radius 2 is 2.07 bits per heavy atom. The van der Waals surface area contributed by atoms with Crippen LogP contribution in [-0.4, -0.2) is 23.2 Å². The largest absolute Gasteiger partial charge is 0.392 e. The molecule has 3 heteroatoms. The molecular weight excluding hydrogens is 190 g/mol. The van der Waals surface area contributed by atoms with Crippen molar-refractivity contribution in [1.82, 2.24) is 5.32 Å². The topological polar surface area (TPSA) is 49.3 Å². The molecule has 2 fully saturated rings. The van der Waals surface area contributed by atoms with Gasteiger partial charge in [-0.3, -0.25) is 4.79 Å². The van der Waals surface area contributed by atoms with Gasteiger partial charge in [0.2, 0.25) is 5.91 Å². The van der Waals surface area contributed by atoms with Crippen molar-refractivity contribution in [3.63, 3.8) is 0 Å². The van der Waals surface area contributed by atoms with Gasteiger partial charge in [0.15, 0.2) is 0 Å². The number of nitrogens with one attached hydrogen (secondary N) is 1. The van der Waals surface area contributed by atoms with E-state index in [0.717, 1.165) is 0 Å². The summed E-state index contributed by atoms with van der Waals surface area (Å²) in [4.78, 5) is 11.8. The van der Waals surface area contributed by atoms with Crippen LogP contribution in [0, 0.1) is 17.3 Å². The van der Waals surface area contributed by atoms with Crippen molar-refractivity contribution >= 4 is 5.91 Å². The van der Waals surface area contributed by atoms with Gasteiger partial charge in [0, 0.05) is 17.4 Å². The highest BCUT2D eigenvalue weighted by Gasteiger charge is 2.48. The van der Waals surface area contributed by atoms with Crippen molar-refractivity contribution in [2.45, 2.75) is 52.2 Å². The van der Waals surface area contributed by atoms with E-state index in [4.69, 9.17) is 0 Å². The number of hydrogen-bond donors (Lipinski definition) is 2. The third-order valence-corrected chi connectivity index (χ3v) is 4.28. The predicted molar refractivity (Wildman–Crippen MR) is 58.2 cm³/mol. The van der Waals surface area contributed by atoms with Crippen LogP contribution >= 0.6 is 0 Å². The molecule has 3 unspecified atom stereocenters. The van der Waals surface area contributed by atoms with Gasteiger partial charge < -0.3 is 10.4 Å². The number of carbonyl (C=O) groups is 1. The number of amides is 1. The molecule has 0 spiro atoms. The molecule has 2 saturated carbocycles. The first kappa shape index (κ1) is 10.9. The van der Waals surface area contributed by atoms with E-state index in [-0.39, 0.29) is 29.4 Å². The van der Waals surface area contributed by atoms with Crippen molar-refractivity contribution in [2.24, 2.45) is 17.3 Å². The maximum absolute atomic E-state index is 11.8. The van der Waals surface area contributed by atoms with Crippen LogP contribution < -0.4 is 5.32 Å². The second-order valence-electron chi connectivity index (χ2n) is 5.76. The summed E-state index contributed by atoms with van der Waals surface area (Å²) < 4.78 is 0. The highest BCUT2D eigenvalue weighted by molar-refractivity contribution is 5.79. The van der Waals surface area contributed by atoms with Gasteiger partial charge in [0.1, 0.15) is 0 Å². The lowest BCUT2D eigenvalue weighted by Gasteiger charge is -2.49. The quantitative estimate of drug-likeness (QED) is 0.739. The van der Waals surface area contributed by atoms with Gasteiger partial charge in [0.05, 0.1) is 6.10 Å². The van der Waals surface area contributed by atoms with Crippen LogP contribution in [0.4, 0.5) is 0 Å². The molecule has 2 aliphatic rings. The fraction of sp³-hybridized carbons (Fsp3) is 0.917. The number of hydrogen-bond acceptors (Lipinski definition) is 2. The Bertz CT molecular complexity index is 271. The number of aliphatic hydroxyl groups excluding tert-OH is 1. The minimum atomic E-state index is -0.265. The van der Waals surface area contributed by atoms with Crippen molar-refractivity contribution in [3.05, 3.63) is 0 Å². The first-order valence-electron chi connectivity index (χ1n) is 5.91. The molecule has 0 heterocycles. The zero-order valence-corrected chi connectivity index (χ0v) is 9.79. The van der Waals surface area contributed by atoms with Crippen LogP contribution in [0.5, 0.6) is 0 Å². The Morgan fingerprint density at radius 1 is 1.47 bits per heavy atom. The molecule has 0 aromatic heterocycles. The van der Waals surface area contributed by atoms with Gasteiger partial charge >= 0.3 is 0 Å². The zero-order chi connectivity index (χ0) is 11.2. The van der Waals surface area contributed by atoms with Gasteiger partial charge in [-0.25, -0.2) is 0 Å². The maximum Gasteiger partial charge on any atom is 0.223 e. The molecule has 2 aliphatic carbocycles. The summed E-state index contributed by atoms with van der Waals surface area (Å²) in [5.74, 6) is 0.930. The lowest BCUT2D eigenvalue weighted by molar-refractivity contribution is -0.133. The maximum atomic E-state index is 11.8. The third-order valence-electron chi connectivity index (χ3n) is 4.28. The van der Waals surface area contributed by atoms with Gasteiger partial charge in [0.25, 0.3) is 0 Å². The summed E-state index contributed by atoms with van der Waals surface area (Å²) in [6.07, 6.45) is 2.84. The Balaban J connectivity index is 1.84. The molecule has 0 radical (unpaired) electrons. The second kappa shape index (κ2) is 3.48. The van der Waals surface area contributed by atoms with Crippen molar-refractivity contribution in [1.29, 1.82) is 0 Å². The summed E-state index contributed by atoms with van der Waals surface area (Å²) in [6, 6.07) is 0.154. The van der Waals surface area contributed by atoms with Crippen LogP contribution in [0.25, 0.3) is 0 Å². The monoisotopic (exact) mass is 211 g/mol. The number of carbonyl (C=O) groups excluding carboxylic acids is 1. The smallest absolute Gasteiger partial charge is 0.223 e. The van der Waals surface area contributed by atoms with E-state index in [1.807, 2.05) is 20.8 Å². The van der Waals surface area contributed by atoms with Gasteiger partial charge in [-0.1, -0.05) is 20.8 Å². The predicted octanol–water partition coefficient (Wildman–Crippen LogP) is 1.31. The Hall–Kier alpha value is -0.570. The van der Waals surface area contributed by atoms with E-state index >= 15 is 0 Å². The fourth-order valence-electron chi connectivity index (χ4n) is 2.26. The molecular formula is C12H21NO2. The number of rotatable bonds is 3. The molecule has 3 atom stereocenters. The molecule has 15 heavy (non-hydrogen) atoms. The first-order valence-corrected chi connectivity index (χ1v) is 5.91. The average Bonchev–Trinajstić information content (AvgIpc) is 2.99. The van der Waals surface area contributed by atoms with Crippen LogP contribution in [0.3, 0.4) is 0 Å². The van der Waals surface area contributed by atoms with Gasteiger partial charge in [-0.2, -0.15) is 0 Å². The van der Waals surface area contributed by atoms with Gasteiger partial charge in [-0.05, 0) is 25.2 Å². The summed E-state index contributed by atoms with van der Waals surface area (Å²) in [5, 5.41) is 12.6. The second-order valence-corrected chi connectivity index (χ2v) is 5.76. The van der Waals surface area contributed by atoms with Crippen LogP contribution in [0.2, 0.25) is 0 Å². The SMILES string of the molecule is CC(C(=O)NC1CC(O)C1(C)C)C1CC1. The molecule has 0 aliphatic heterocycles. The molecule has 86 valence electrons. The van der Waals surface area contributed by atoms with Crippen molar-refractivity contribution in [3.8, 4) is 0 Å². The molecule has 1 amide bonds. The van der Waals surface area contributed by atoms with E-state index in [2.05, 4.69) is 5.32 Å². The molecule has 3 nitrogen and oxygen atoms in total. The normalized spacial score (nSPS) is 35.5. The zero-order valence-electron chi connectivity index (χ0n) is 9.79.